The van der Waals surface area contributed by atoms with Crippen LogP contribution in [-0.4, -0.2) is 34.4 Å². The molecular formula is C32H40IrN2O2-2. The van der Waals surface area contributed by atoms with E-state index in [0.717, 1.165) is 36.7 Å². The number of aromatic nitrogens is 2. The Morgan fingerprint density at radius 2 is 0.919 bits per heavy atom. The van der Waals surface area contributed by atoms with Gasteiger partial charge in [0.25, 0.3) is 0 Å². The first-order chi connectivity index (χ1) is 17.1. The van der Waals surface area contributed by atoms with Gasteiger partial charge in [0.1, 0.15) is 0 Å². The van der Waals surface area contributed by atoms with Crippen molar-refractivity contribution >= 4 is 0 Å². The fourth-order valence-electron chi connectivity index (χ4n) is 3.19. The zero-order valence-corrected chi connectivity index (χ0v) is 25.6. The van der Waals surface area contributed by atoms with E-state index in [-0.39, 0.29) is 30.9 Å². The fourth-order valence-corrected chi connectivity index (χ4v) is 3.19. The average molecular weight is 677 g/mol. The molecule has 0 atom stereocenters. The van der Waals surface area contributed by atoms with Crippen LogP contribution in [0.15, 0.2) is 85.2 Å². The van der Waals surface area contributed by atoms with Gasteiger partial charge in [0, 0.05) is 46.7 Å². The Hall–Kier alpha value is -2.69. The topological polar surface area (TPSA) is 66.2 Å². The molecule has 4 nitrogen and oxygen atoms in total. The van der Waals surface area contributed by atoms with Gasteiger partial charge in [0.05, 0.1) is 0 Å². The Labute approximate surface area is 237 Å². The van der Waals surface area contributed by atoms with Crippen molar-refractivity contribution in [2.75, 3.05) is 14.2 Å². The van der Waals surface area contributed by atoms with Crippen LogP contribution in [0, 0.1) is 12.1 Å². The number of aliphatic hydroxyl groups excluding tert-OH is 2. The summed E-state index contributed by atoms with van der Waals surface area (Å²) in [6.45, 7) is 13.3. The normalized spacial score (nSPS) is 10.2. The molecule has 37 heavy (non-hydrogen) atoms. The predicted octanol–water partition coefficient (Wildman–Crippen LogP) is 6.91. The van der Waals surface area contributed by atoms with Gasteiger partial charge in [-0.2, -0.15) is 0 Å². The summed E-state index contributed by atoms with van der Waals surface area (Å²) in [6, 6.07) is 30.7. The van der Waals surface area contributed by atoms with Crippen LogP contribution in [-0.2, 0) is 30.9 Å². The molecule has 2 heterocycles. The first-order valence-corrected chi connectivity index (χ1v) is 11.9. The molecule has 0 amide bonds. The summed E-state index contributed by atoms with van der Waals surface area (Å²) in [5, 5.41) is 14.0. The molecule has 0 aliphatic carbocycles. The van der Waals surface area contributed by atoms with Crippen molar-refractivity contribution in [3.8, 4) is 22.5 Å². The summed E-state index contributed by atoms with van der Waals surface area (Å²) in [6.07, 6.45) is 3.74. The van der Waals surface area contributed by atoms with Crippen LogP contribution in [0.25, 0.3) is 22.5 Å². The molecule has 0 saturated heterocycles. The fraction of sp³-hybridized carbons (Fsp3) is 0.312. The van der Waals surface area contributed by atoms with Gasteiger partial charge in [-0.05, 0) is 45.5 Å². The zero-order valence-electron chi connectivity index (χ0n) is 23.2. The maximum atomic E-state index is 7.00. The van der Waals surface area contributed by atoms with E-state index < -0.39 is 0 Å². The van der Waals surface area contributed by atoms with Gasteiger partial charge in [0.15, 0.2) is 0 Å². The molecule has 2 aromatic carbocycles. The molecule has 0 unspecified atom stereocenters. The summed E-state index contributed by atoms with van der Waals surface area (Å²) in [7, 11) is 2.00. The summed E-state index contributed by atoms with van der Waals surface area (Å²) in [4.78, 5) is 8.78. The third kappa shape index (κ3) is 11.5. The molecule has 4 aromatic rings. The number of aliphatic hydroxyl groups is 2. The van der Waals surface area contributed by atoms with Gasteiger partial charge in [-0.25, -0.2) is 0 Å². The van der Waals surface area contributed by atoms with Crippen molar-refractivity contribution in [2.24, 2.45) is 0 Å². The summed E-state index contributed by atoms with van der Waals surface area (Å²) >= 11 is 0. The van der Waals surface area contributed by atoms with E-state index in [4.69, 9.17) is 10.2 Å². The van der Waals surface area contributed by atoms with Crippen molar-refractivity contribution < 1.29 is 30.3 Å². The Balaban J connectivity index is 0.000000603. The molecular weight excluding hydrogens is 637 g/mol. The number of pyridine rings is 2. The van der Waals surface area contributed by atoms with Crippen molar-refractivity contribution in [3.63, 3.8) is 0 Å². The molecule has 2 aromatic heterocycles. The quantitative estimate of drug-likeness (QED) is 0.227. The third-order valence-electron chi connectivity index (χ3n) is 5.22. The minimum Gasteiger partial charge on any atom is -0.400 e. The summed E-state index contributed by atoms with van der Waals surface area (Å²) in [5.41, 5.74) is 7.01. The molecule has 5 heteroatoms. The second kappa shape index (κ2) is 16.9. The predicted molar refractivity (Wildman–Crippen MR) is 151 cm³/mol. The van der Waals surface area contributed by atoms with E-state index in [1.54, 1.807) is 0 Å². The molecule has 0 fully saturated rings. The van der Waals surface area contributed by atoms with Crippen molar-refractivity contribution in [2.45, 2.75) is 52.4 Å². The van der Waals surface area contributed by atoms with Gasteiger partial charge < -0.3 is 20.2 Å². The van der Waals surface area contributed by atoms with E-state index >= 15 is 0 Å². The number of nitrogens with zero attached hydrogens (tertiary/aromatic N) is 2. The van der Waals surface area contributed by atoms with Crippen molar-refractivity contribution in [1.29, 1.82) is 0 Å². The second-order valence-corrected chi connectivity index (χ2v) is 9.91. The molecule has 0 aliphatic rings. The first-order valence-electron chi connectivity index (χ1n) is 11.9. The summed E-state index contributed by atoms with van der Waals surface area (Å²) in [5.74, 6) is 0. The summed E-state index contributed by atoms with van der Waals surface area (Å²) < 4.78 is 0. The largest absolute Gasteiger partial charge is 0.400 e. The molecule has 0 spiro atoms. The molecule has 201 valence electrons. The Bertz CT molecular complexity index is 1040. The van der Waals surface area contributed by atoms with Crippen molar-refractivity contribution in [1.82, 2.24) is 9.97 Å². The van der Waals surface area contributed by atoms with Gasteiger partial charge in [-0.1, -0.05) is 53.7 Å². The van der Waals surface area contributed by atoms with Gasteiger partial charge in [0.2, 0.25) is 0 Å². The van der Waals surface area contributed by atoms with Crippen molar-refractivity contribution in [3.05, 3.63) is 108 Å². The molecule has 2 N–H and O–H groups in total. The number of rotatable bonds is 2. The van der Waals surface area contributed by atoms with E-state index in [1.165, 1.54) is 11.1 Å². The van der Waals surface area contributed by atoms with Crippen LogP contribution in [0.4, 0.5) is 0 Å². The van der Waals surface area contributed by atoms with Gasteiger partial charge in [-0.3, -0.25) is 0 Å². The second-order valence-electron chi connectivity index (χ2n) is 9.91. The van der Waals surface area contributed by atoms with Crippen LogP contribution >= 0.6 is 0 Å². The number of hydrogen-bond donors (Lipinski definition) is 2. The van der Waals surface area contributed by atoms with Gasteiger partial charge in [-0.15, -0.1) is 71.8 Å². The third-order valence-corrected chi connectivity index (χ3v) is 5.22. The molecule has 1 radical (unpaired) electrons. The van der Waals surface area contributed by atoms with Crippen LogP contribution in [0.2, 0.25) is 0 Å². The molecule has 0 aliphatic heterocycles. The molecule has 0 saturated carbocycles. The number of benzene rings is 2. The average Bonchev–Trinajstić information content (AvgIpc) is 2.92. The van der Waals surface area contributed by atoms with E-state index in [0.29, 0.717) is 0 Å². The van der Waals surface area contributed by atoms with E-state index in [2.05, 4.69) is 87.9 Å². The van der Waals surface area contributed by atoms with Crippen LogP contribution in [0.1, 0.15) is 52.7 Å². The van der Waals surface area contributed by atoms with Crippen LogP contribution in [0.5, 0.6) is 0 Å². The molecule has 4 rings (SSSR count). The van der Waals surface area contributed by atoms with E-state index in [1.807, 2.05) is 60.9 Å². The van der Waals surface area contributed by atoms with Gasteiger partial charge >= 0.3 is 0 Å². The van der Waals surface area contributed by atoms with Crippen LogP contribution in [0.3, 0.4) is 0 Å². The monoisotopic (exact) mass is 677 g/mol. The minimum absolute atomic E-state index is 0. The molecule has 0 bridgehead atoms. The zero-order chi connectivity index (χ0) is 27.2. The SMILES string of the molecule is CC(C)(C)c1ccnc(-c2[c-]cccc2)c1.CC(C)(C)c1ccnc(-c2[c-]cccc2)c1.CO.CO.[Ir]. The maximum absolute atomic E-state index is 7.00. The minimum atomic E-state index is 0. The number of hydrogen-bond acceptors (Lipinski definition) is 4. The van der Waals surface area contributed by atoms with Crippen LogP contribution < -0.4 is 0 Å². The Morgan fingerprint density at radius 1 is 0.568 bits per heavy atom. The Morgan fingerprint density at radius 3 is 1.19 bits per heavy atom. The standard InChI is InChI=1S/2C15H16N.2CH4O.Ir/c2*1-15(2,3)13-9-10-16-14(11-13)12-7-5-4-6-8-12;2*1-2;/h2*4-7,9-11H,1-3H3;2*2H,1H3;/q2*-1;;;. The first kappa shape index (κ1) is 34.3. The smallest absolute Gasteiger partial charge is 0.0319 e. The maximum Gasteiger partial charge on any atom is 0.0319 e. The Kier molecular flexibility index (Phi) is 15.7. The van der Waals surface area contributed by atoms with E-state index in [9.17, 15) is 0 Å².